The van der Waals surface area contributed by atoms with Crippen LogP contribution < -0.4 is 14.8 Å². The Hall–Kier alpha value is -3.01. The smallest absolute Gasteiger partial charge is 0.244 e. The molecule has 1 aromatic heterocycles. The van der Waals surface area contributed by atoms with E-state index in [1.54, 1.807) is 32.4 Å². The van der Waals surface area contributed by atoms with Gasteiger partial charge >= 0.3 is 0 Å². The Morgan fingerprint density at radius 1 is 1.00 bits per heavy atom. The predicted octanol–water partition coefficient (Wildman–Crippen LogP) is 4.75. The molecule has 0 radical (unpaired) electrons. The maximum absolute atomic E-state index is 13.5. The SMILES string of the molecule is COc1ccc(C=CC(=O)NCc2nnc(SCC(=O)N(C3CCCCC3)C3CCCCC3)n2C)cc1OC. The second-order valence-electron chi connectivity index (χ2n) is 10.3. The Balaban J connectivity index is 1.30. The van der Waals surface area contributed by atoms with E-state index in [0.29, 0.717) is 40.3 Å². The van der Waals surface area contributed by atoms with Gasteiger partial charge in [-0.15, -0.1) is 10.2 Å². The van der Waals surface area contributed by atoms with E-state index in [-0.39, 0.29) is 18.4 Å². The van der Waals surface area contributed by atoms with Gasteiger partial charge in [-0.1, -0.05) is 56.4 Å². The van der Waals surface area contributed by atoms with Crippen LogP contribution in [-0.4, -0.2) is 63.5 Å². The molecule has 0 saturated heterocycles. The molecule has 2 fully saturated rings. The van der Waals surface area contributed by atoms with Crippen LogP contribution in [0.25, 0.3) is 6.08 Å². The molecule has 10 heteroatoms. The summed E-state index contributed by atoms with van der Waals surface area (Å²) in [6.07, 6.45) is 15.1. The van der Waals surface area contributed by atoms with E-state index in [2.05, 4.69) is 20.4 Å². The minimum absolute atomic E-state index is 0.219. The third-order valence-electron chi connectivity index (χ3n) is 7.73. The lowest BCUT2D eigenvalue weighted by molar-refractivity contribution is -0.135. The van der Waals surface area contributed by atoms with Gasteiger partial charge in [0.25, 0.3) is 0 Å². The van der Waals surface area contributed by atoms with Crippen molar-refractivity contribution in [2.45, 2.75) is 88.0 Å². The molecule has 4 rings (SSSR count). The van der Waals surface area contributed by atoms with Crippen LogP contribution in [0.1, 0.15) is 75.6 Å². The van der Waals surface area contributed by atoms with Gasteiger partial charge in [-0.05, 0) is 49.5 Å². The fourth-order valence-electron chi connectivity index (χ4n) is 5.60. The average molecular weight is 556 g/mol. The molecule has 1 heterocycles. The summed E-state index contributed by atoms with van der Waals surface area (Å²) in [5.41, 5.74) is 0.820. The normalized spacial score (nSPS) is 16.8. The Morgan fingerprint density at radius 3 is 2.26 bits per heavy atom. The highest BCUT2D eigenvalue weighted by Crippen LogP contribution is 2.31. The number of amides is 2. The fraction of sp³-hybridized carbons (Fsp3) is 0.586. The van der Waals surface area contributed by atoms with Gasteiger partial charge in [-0.2, -0.15) is 0 Å². The molecule has 212 valence electrons. The highest BCUT2D eigenvalue weighted by atomic mass is 32.2. The predicted molar refractivity (Wildman–Crippen MR) is 153 cm³/mol. The third-order valence-corrected chi connectivity index (χ3v) is 8.73. The summed E-state index contributed by atoms with van der Waals surface area (Å²) in [4.78, 5) is 28.1. The van der Waals surface area contributed by atoms with Crippen LogP contribution in [0.3, 0.4) is 0 Å². The molecule has 0 spiro atoms. The van der Waals surface area contributed by atoms with Crippen molar-refractivity contribution in [1.82, 2.24) is 25.0 Å². The van der Waals surface area contributed by atoms with E-state index < -0.39 is 0 Å². The summed E-state index contributed by atoms with van der Waals surface area (Å²) < 4.78 is 12.4. The third kappa shape index (κ3) is 7.77. The minimum atomic E-state index is -0.243. The molecule has 2 aliphatic rings. The quantitative estimate of drug-likeness (QED) is 0.316. The van der Waals surface area contributed by atoms with E-state index in [4.69, 9.17) is 9.47 Å². The van der Waals surface area contributed by atoms with Gasteiger partial charge < -0.3 is 24.3 Å². The van der Waals surface area contributed by atoms with Gasteiger partial charge in [0.2, 0.25) is 11.8 Å². The van der Waals surface area contributed by atoms with Crippen LogP contribution in [-0.2, 0) is 23.2 Å². The number of aromatic nitrogens is 3. The number of nitrogens with one attached hydrogen (secondary N) is 1. The molecular weight excluding hydrogens is 514 g/mol. The summed E-state index contributed by atoms with van der Waals surface area (Å²) in [6, 6.07) is 6.21. The summed E-state index contributed by atoms with van der Waals surface area (Å²) in [5, 5.41) is 12.1. The number of hydrogen-bond donors (Lipinski definition) is 1. The van der Waals surface area contributed by atoms with Crippen LogP contribution in [0.5, 0.6) is 11.5 Å². The topological polar surface area (TPSA) is 98.6 Å². The number of rotatable bonds is 11. The van der Waals surface area contributed by atoms with E-state index >= 15 is 0 Å². The number of hydrogen-bond acceptors (Lipinski definition) is 7. The van der Waals surface area contributed by atoms with Gasteiger partial charge in [-0.25, -0.2) is 0 Å². The number of carbonyl (C=O) groups is 2. The Kier molecular flexibility index (Phi) is 10.7. The minimum Gasteiger partial charge on any atom is -0.493 e. The van der Waals surface area contributed by atoms with Crippen LogP contribution in [0.4, 0.5) is 0 Å². The van der Waals surface area contributed by atoms with Gasteiger partial charge in [0.1, 0.15) is 0 Å². The van der Waals surface area contributed by atoms with Crippen LogP contribution >= 0.6 is 11.8 Å². The van der Waals surface area contributed by atoms with Crippen LogP contribution in [0.15, 0.2) is 29.4 Å². The van der Waals surface area contributed by atoms with Gasteiger partial charge in [0.05, 0.1) is 26.5 Å². The zero-order valence-corrected chi connectivity index (χ0v) is 24.2. The van der Waals surface area contributed by atoms with Crippen molar-refractivity contribution >= 4 is 29.7 Å². The zero-order chi connectivity index (χ0) is 27.6. The van der Waals surface area contributed by atoms with Crippen molar-refractivity contribution in [3.8, 4) is 11.5 Å². The van der Waals surface area contributed by atoms with Gasteiger partial charge in [0.15, 0.2) is 22.5 Å². The molecule has 2 aromatic rings. The highest BCUT2D eigenvalue weighted by Gasteiger charge is 2.32. The molecule has 2 saturated carbocycles. The van der Waals surface area contributed by atoms with Crippen molar-refractivity contribution < 1.29 is 19.1 Å². The lowest BCUT2D eigenvalue weighted by atomic mass is 9.88. The first-order chi connectivity index (χ1) is 19.0. The van der Waals surface area contributed by atoms with E-state index in [1.807, 2.05) is 17.7 Å². The van der Waals surface area contributed by atoms with Crippen molar-refractivity contribution in [2.24, 2.45) is 7.05 Å². The van der Waals surface area contributed by atoms with Gasteiger partial charge in [0, 0.05) is 25.2 Å². The summed E-state index contributed by atoms with van der Waals surface area (Å²) in [5.74, 6) is 2.20. The van der Waals surface area contributed by atoms with E-state index in [9.17, 15) is 9.59 Å². The molecule has 2 amide bonds. The largest absolute Gasteiger partial charge is 0.493 e. The zero-order valence-electron chi connectivity index (χ0n) is 23.4. The number of thioether (sulfide) groups is 1. The lowest BCUT2D eigenvalue weighted by Gasteiger charge is -2.41. The fourth-order valence-corrected chi connectivity index (χ4v) is 6.40. The summed E-state index contributed by atoms with van der Waals surface area (Å²) in [6.45, 7) is 0.239. The summed E-state index contributed by atoms with van der Waals surface area (Å²) >= 11 is 1.43. The Labute approximate surface area is 235 Å². The maximum Gasteiger partial charge on any atom is 0.244 e. The monoisotopic (exact) mass is 555 g/mol. The van der Waals surface area contributed by atoms with Gasteiger partial charge in [-0.3, -0.25) is 9.59 Å². The molecule has 0 unspecified atom stereocenters. The second kappa shape index (κ2) is 14.4. The van der Waals surface area contributed by atoms with Crippen molar-refractivity contribution in [3.63, 3.8) is 0 Å². The van der Waals surface area contributed by atoms with Crippen molar-refractivity contribution in [1.29, 1.82) is 0 Å². The second-order valence-corrected chi connectivity index (χ2v) is 11.2. The first-order valence-electron chi connectivity index (χ1n) is 14.0. The molecule has 2 aliphatic carbocycles. The molecule has 0 atom stereocenters. The summed E-state index contributed by atoms with van der Waals surface area (Å²) in [7, 11) is 5.03. The van der Waals surface area contributed by atoms with E-state index in [1.165, 1.54) is 56.4 Å². The maximum atomic E-state index is 13.5. The van der Waals surface area contributed by atoms with Crippen LogP contribution in [0.2, 0.25) is 0 Å². The first-order valence-corrected chi connectivity index (χ1v) is 15.0. The number of carbonyl (C=O) groups excluding carboxylic acids is 2. The molecule has 0 bridgehead atoms. The highest BCUT2D eigenvalue weighted by molar-refractivity contribution is 7.99. The number of methoxy groups -OCH3 is 2. The molecular formula is C29H41N5O4S. The molecule has 9 nitrogen and oxygen atoms in total. The molecule has 1 aromatic carbocycles. The van der Waals surface area contributed by atoms with Crippen molar-refractivity contribution in [3.05, 3.63) is 35.7 Å². The lowest BCUT2D eigenvalue weighted by Crippen LogP contribution is -2.49. The van der Waals surface area contributed by atoms with E-state index in [0.717, 1.165) is 31.2 Å². The first kappa shape index (κ1) is 29.0. The number of ether oxygens (including phenoxy) is 2. The Bertz CT molecular complexity index is 1120. The molecule has 1 N–H and O–H groups in total. The Morgan fingerprint density at radius 2 is 1.64 bits per heavy atom. The average Bonchev–Trinajstić information content (AvgIpc) is 3.33. The molecule has 0 aliphatic heterocycles. The number of benzene rings is 1. The van der Waals surface area contributed by atoms with Crippen molar-refractivity contribution in [2.75, 3.05) is 20.0 Å². The molecule has 39 heavy (non-hydrogen) atoms. The standard InChI is InChI=1S/C29H41N5O4S/c1-33-26(19-30-27(35)17-15-21-14-16-24(37-2)25(18-21)38-3)31-32-29(33)39-20-28(36)34(22-10-6-4-7-11-22)23-12-8-5-9-13-23/h14-18,22-23H,4-13,19-20H2,1-3H3,(H,30,35). The van der Waals surface area contributed by atoms with Crippen LogP contribution in [0, 0.1) is 0 Å². The number of nitrogens with zero attached hydrogens (tertiary/aromatic N) is 4.